The van der Waals surface area contributed by atoms with Gasteiger partial charge in [0.25, 0.3) is 0 Å². The van der Waals surface area contributed by atoms with Gasteiger partial charge in [0.2, 0.25) is 17.7 Å². The van der Waals surface area contributed by atoms with Gasteiger partial charge in [0.15, 0.2) is 0 Å². The van der Waals surface area contributed by atoms with Crippen LogP contribution in [-0.4, -0.2) is 80.9 Å². The fourth-order valence-electron chi connectivity index (χ4n) is 2.10. The van der Waals surface area contributed by atoms with E-state index in [2.05, 4.69) is 28.6 Å². The first-order chi connectivity index (χ1) is 13.9. The molecule has 30 heavy (non-hydrogen) atoms. The Bertz CT molecular complexity index is 673. The second-order valence-corrected chi connectivity index (χ2v) is 6.71. The van der Waals surface area contributed by atoms with E-state index in [1.807, 2.05) is 0 Å². The Labute approximate surface area is 177 Å². The standard InChI is InChI=1S/C16H26N4O9S/c1-7(13(25)20-10(16(28)29)3-5-12(23)24)18-15(27)9(2-4-11(21)22)19-14(26)8(17)6-30/h7-10,30H,2-6,17H2,1H3,(H,18,27)(H,19,26)(H,20,25)(H,21,22)(H,23,24)(H,28,29). The zero-order chi connectivity index (χ0) is 23.4. The van der Waals surface area contributed by atoms with Crippen LogP contribution < -0.4 is 21.7 Å². The molecule has 4 unspecified atom stereocenters. The summed E-state index contributed by atoms with van der Waals surface area (Å²) in [5.74, 6) is -6.46. The number of rotatable bonds is 14. The van der Waals surface area contributed by atoms with Crippen molar-refractivity contribution in [3.63, 3.8) is 0 Å². The van der Waals surface area contributed by atoms with Crippen molar-refractivity contribution < 1.29 is 44.1 Å². The van der Waals surface area contributed by atoms with Crippen LogP contribution in [-0.2, 0) is 28.8 Å². The molecule has 0 aliphatic carbocycles. The normalized spacial score (nSPS) is 14.5. The predicted octanol–water partition coefficient (Wildman–Crippen LogP) is -2.47. The summed E-state index contributed by atoms with van der Waals surface area (Å²) >= 11 is 3.86. The van der Waals surface area contributed by atoms with E-state index in [4.69, 9.17) is 21.1 Å². The highest BCUT2D eigenvalue weighted by Crippen LogP contribution is 2.02. The number of carbonyl (C=O) groups is 6. The minimum Gasteiger partial charge on any atom is -0.481 e. The predicted molar refractivity (Wildman–Crippen MR) is 105 cm³/mol. The number of nitrogens with one attached hydrogen (secondary N) is 3. The summed E-state index contributed by atoms with van der Waals surface area (Å²) in [6.07, 6.45) is -1.59. The van der Waals surface area contributed by atoms with E-state index >= 15 is 0 Å². The molecule has 0 aromatic heterocycles. The summed E-state index contributed by atoms with van der Waals surface area (Å²) in [5, 5.41) is 33.1. The van der Waals surface area contributed by atoms with E-state index in [1.165, 1.54) is 6.92 Å². The third-order valence-electron chi connectivity index (χ3n) is 3.83. The number of hydrogen-bond acceptors (Lipinski definition) is 8. The number of amides is 3. The van der Waals surface area contributed by atoms with Gasteiger partial charge in [-0.2, -0.15) is 12.6 Å². The Hall–Kier alpha value is -2.87. The lowest BCUT2D eigenvalue weighted by Gasteiger charge is -2.23. The molecule has 0 fully saturated rings. The molecule has 0 aromatic carbocycles. The second-order valence-electron chi connectivity index (χ2n) is 6.34. The molecule has 0 aliphatic rings. The van der Waals surface area contributed by atoms with E-state index in [0.717, 1.165) is 0 Å². The van der Waals surface area contributed by atoms with Crippen LogP contribution in [0, 0.1) is 0 Å². The summed E-state index contributed by atoms with van der Waals surface area (Å²) in [7, 11) is 0. The van der Waals surface area contributed by atoms with Crippen LogP contribution in [0.25, 0.3) is 0 Å². The third-order valence-corrected chi connectivity index (χ3v) is 4.22. The molecule has 170 valence electrons. The average molecular weight is 450 g/mol. The molecule has 0 bridgehead atoms. The number of hydrogen-bond donors (Lipinski definition) is 8. The van der Waals surface area contributed by atoms with E-state index < -0.39 is 72.6 Å². The highest BCUT2D eigenvalue weighted by molar-refractivity contribution is 7.80. The van der Waals surface area contributed by atoms with Gasteiger partial charge < -0.3 is 37.0 Å². The molecular formula is C16H26N4O9S. The zero-order valence-electron chi connectivity index (χ0n) is 16.2. The Morgan fingerprint density at radius 3 is 1.70 bits per heavy atom. The maximum atomic E-state index is 12.4. The van der Waals surface area contributed by atoms with Gasteiger partial charge in [-0.05, 0) is 19.8 Å². The van der Waals surface area contributed by atoms with Crippen molar-refractivity contribution in [1.29, 1.82) is 0 Å². The monoisotopic (exact) mass is 450 g/mol. The van der Waals surface area contributed by atoms with E-state index in [1.54, 1.807) is 0 Å². The number of carboxylic acid groups (broad SMARTS) is 3. The van der Waals surface area contributed by atoms with Crippen molar-refractivity contribution in [2.24, 2.45) is 5.73 Å². The first-order valence-electron chi connectivity index (χ1n) is 8.83. The summed E-state index contributed by atoms with van der Waals surface area (Å²) in [4.78, 5) is 69.0. The Kier molecular flexibility index (Phi) is 12.1. The van der Waals surface area contributed by atoms with Crippen molar-refractivity contribution >= 4 is 48.3 Å². The highest BCUT2D eigenvalue weighted by Gasteiger charge is 2.28. The van der Waals surface area contributed by atoms with Gasteiger partial charge in [0, 0.05) is 18.6 Å². The lowest BCUT2D eigenvalue weighted by molar-refractivity contribution is -0.143. The molecule has 0 rings (SSSR count). The van der Waals surface area contributed by atoms with Crippen LogP contribution >= 0.6 is 12.6 Å². The van der Waals surface area contributed by atoms with Crippen LogP contribution in [0.3, 0.4) is 0 Å². The molecule has 0 aromatic rings. The topological polar surface area (TPSA) is 225 Å². The first kappa shape index (κ1) is 27.1. The number of aliphatic carboxylic acids is 3. The molecule has 4 atom stereocenters. The highest BCUT2D eigenvalue weighted by atomic mass is 32.1. The largest absolute Gasteiger partial charge is 0.481 e. The Morgan fingerprint density at radius 2 is 1.27 bits per heavy atom. The minimum atomic E-state index is -1.48. The number of thiol groups is 1. The lowest BCUT2D eigenvalue weighted by Crippen LogP contribution is -2.56. The van der Waals surface area contributed by atoms with Crippen LogP contribution in [0.15, 0.2) is 0 Å². The summed E-state index contributed by atoms with van der Waals surface area (Å²) < 4.78 is 0. The maximum Gasteiger partial charge on any atom is 0.326 e. The molecule has 0 heterocycles. The third kappa shape index (κ3) is 10.6. The first-order valence-corrected chi connectivity index (χ1v) is 9.46. The summed E-state index contributed by atoms with van der Waals surface area (Å²) in [5.41, 5.74) is 5.51. The maximum absolute atomic E-state index is 12.4. The smallest absolute Gasteiger partial charge is 0.326 e. The summed E-state index contributed by atoms with van der Waals surface area (Å²) in [6.45, 7) is 1.23. The quantitative estimate of drug-likeness (QED) is 0.130. The number of carbonyl (C=O) groups excluding carboxylic acids is 3. The molecular weight excluding hydrogens is 424 g/mol. The van der Waals surface area contributed by atoms with Gasteiger partial charge >= 0.3 is 17.9 Å². The van der Waals surface area contributed by atoms with Gasteiger partial charge in [0.1, 0.15) is 18.1 Å². The van der Waals surface area contributed by atoms with Crippen molar-refractivity contribution in [3.05, 3.63) is 0 Å². The van der Waals surface area contributed by atoms with Crippen LogP contribution in [0.4, 0.5) is 0 Å². The van der Waals surface area contributed by atoms with Gasteiger partial charge in [-0.25, -0.2) is 4.79 Å². The lowest BCUT2D eigenvalue weighted by atomic mass is 10.1. The molecule has 3 amide bonds. The van der Waals surface area contributed by atoms with Gasteiger partial charge in [-0.3, -0.25) is 24.0 Å². The van der Waals surface area contributed by atoms with Crippen LogP contribution in [0.1, 0.15) is 32.6 Å². The molecule has 14 heteroatoms. The fraction of sp³-hybridized carbons (Fsp3) is 0.625. The average Bonchev–Trinajstić information content (AvgIpc) is 2.66. The van der Waals surface area contributed by atoms with Crippen molar-refractivity contribution in [2.75, 3.05) is 5.75 Å². The number of carboxylic acids is 3. The summed E-state index contributed by atoms with van der Waals surface area (Å²) in [6, 6.07) is -5.09. The Balaban J connectivity index is 5.05. The van der Waals surface area contributed by atoms with E-state index in [0.29, 0.717) is 0 Å². The minimum absolute atomic E-state index is 0.0230. The molecule has 0 radical (unpaired) electrons. The zero-order valence-corrected chi connectivity index (χ0v) is 17.1. The molecule has 0 spiro atoms. The molecule has 0 saturated carbocycles. The van der Waals surface area contributed by atoms with Gasteiger partial charge in [0.05, 0.1) is 6.04 Å². The van der Waals surface area contributed by atoms with E-state index in [-0.39, 0.29) is 18.6 Å². The molecule has 8 N–H and O–H groups in total. The van der Waals surface area contributed by atoms with Crippen molar-refractivity contribution in [3.8, 4) is 0 Å². The molecule has 0 aliphatic heterocycles. The molecule has 0 saturated heterocycles. The fourth-order valence-corrected chi connectivity index (χ4v) is 2.27. The van der Waals surface area contributed by atoms with E-state index in [9.17, 15) is 28.8 Å². The van der Waals surface area contributed by atoms with Crippen LogP contribution in [0.2, 0.25) is 0 Å². The number of nitrogens with two attached hydrogens (primary N) is 1. The Morgan fingerprint density at radius 1 is 0.800 bits per heavy atom. The van der Waals surface area contributed by atoms with Crippen LogP contribution in [0.5, 0.6) is 0 Å². The van der Waals surface area contributed by atoms with Crippen molar-refractivity contribution in [2.45, 2.75) is 56.8 Å². The molecule has 13 nitrogen and oxygen atoms in total. The van der Waals surface area contributed by atoms with Crippen molar-refractivity contribution in [1.82, 2.24) is 16.0 Å². The van der Waals surface area contributed by atoms with Gasteiger partial charge in [-0.1, -0.05) is 0 Å². The second kappa shape index (κ2) is 13.4. The van der Waals surface area contributed by atoms with Gasteiger partial charge in [-0.15, -0.1) is 0 Å². The SMILES string of the molecule is CC(NC(=O)C(CCC(=O)O)NC(=O)C(N)CS)C(=O)NC(CCC(=O)O)C(=O)O.